The molecular weight excluding hydrogens is 280 g/mol. The summed E-state index contributed by atoms with van der Waals surface area (Å²) in [5.41, 5.74) is -1.09. The number of aryl methyl sites for hydroxylation is 1. The van der Waals surface area contributed by atoms with Crippen LogP contribution in [0.3, 0.4) is 0 Å². The summed E-state index contributed by atoms with van der Waals surface area (Å²) < 4.78 is 25.8. The summed E-state index contributed by atoms with van der Waals surface area (Å²) in [4.78, 5) is 12.0. The number of aromatic nitrogens is 2. The first-order valence-corrected chi connectivity index (χ1v) is 7.01. The van der Waals surface area contributed by atoms with Gasteiger partial charge in [-0.3, -0.25) is 4.79 Å². The van der Waals surface area contributed by atoms with Gasteiger partial charge in [0.25, 0.3) is 5.91 Å². The molecule has 2 N–H and O–H groups in total. The van der Waals surface area contributed by atoms with Gasteiger partial charge in [0.15, 0.2) is 5.69 Å². The second-order valence-electron chi connectivity index (χ2n) is 6.34. The third-order valence-electron chi connectivity index (χ3n) is 4.53. The van der Waals surface area contributed by atoms with Crippen LogP contribution in [0.15, 0.2) is 6.07 Å². The van der Waals surface area contributed by atoms with Gasteiger partial charge in [0.2, 0.25) is 0 Å². The molecule has 1 atom stereocenters. The maximum absolute atomic E-state index is 12.6. The van der Waals surface area contributed by atoms with Crippen molar-refractivity contribution >= 4 is 5.91 Å². The third-order valence-corrected chi connectivity index (χ3v) is 4.53. The number of carbonyl (C=O) groups excluding carboxylic acids is 1. The highest BCUT2D eigenvalue weighted by atomic mass is 19.3. The first kappa shape index (κ1) is 15.9. The van der Waals surface area contributed by atoms with Gasteiger partial charge in [0.05, 0.1) is 5.60 Å². The van der Waals surface area contributed by atoms with E-state index in [1.165, 1.54) is 13.0 Å². The topological polar surface area (TPSA) is 67.2 Å². The lowest BCUT2D eigenvalue weighted by molar-refractivity contribution is -0.0394. The molecule has 1 amide bonds. The molecule has 1 fully saturated rings. The van der Waals surface area contributed by atoms with E-state index in [0.29, 0.717) is 11.1 Å². The molecule has 2 rings (SSSR count). The number of carbonyl (C=O) groups is 1. The van der Waals surface area contributed by atoms with E-state index in [9.17, 15) is 18.7 Å². The average molecular weight is 301 g/mol. The smallest absolute Gasteiger partial charge is 0.333 e. The number of amides is 1. The fourth-order valence-electron chi connectivity index (χ4n) is 2.83. The third kappa shape index (κ3) is 2.92. The highest BCUT2D eigenvalue weighted by molar-refractivity contribution is 5.92. The number of halogens is 2. The van der Waals surface area contributed by atoms with Crippen LogP contribution >= 0.6 is 0 Å². The van der Waals surface area contributed by atoms with E-state index in [2.05, 4.69) is 10.4 Å². The van der Waals surface area contributed by atoms with Gasteiger partial charge in [0, 0.05) is 12.2 Å². The molecule has 1 aromatic rings. The van der Waals surface area contributed by atoms with Crippen molar-refractivity contribution in [3.05, 3.63) is 17.5 Å². The van der Waals surface area contributed by atoms with Crippen molar-refractivity contribution in [1.82, 2.24) is 15.1 Å². The Bertz CT molecular complexity index is 542. The van der Waals surface area contributed by atoms with Crippen LogP contribution in [0.1, 0.15) is 55.8 Å². The Morgan fingerprint density at radius 3 is 2.67 bits per heavy atom. The van der Waals surface area contributed by atoms with Gasteiger partial charge in [0.1, 0.15) is 0 Å². The highest BCUT2D eigenvalue weighted by Crippen LogP contribution is 2.45. The maximum atomic E-state index is 12.6. The SMILES string of the molecule is Cc1cc(C(=O)NCC2(O)CCCC2(C)C)nn1C(F)F. The average Bonchev–Trinajstić information content (AvgIpc) is 2.88. The standard InChI is InChI=1S/C14H21F2N3O2/c1-9-7-10(18-19(9)12(15)16)11(20)17-8-14(21)6-4-5-13(14,2)3/h7,12,21H,4-6,8H2,1-3H3,(H,17,20). The number of alkyl halides is 2. The van der Waals surface area contributed by atoms with E-state index in [1.54, 1.807) is 0 Å². The van der Waals surface area contributed by atoms with Gasteiger partial charge in [-0.2, -0.15) is 13.9 Å². The quantitative estimate of drug-likeness (QED) is 0.896. The predicted molar refractivity (Wildman–Crippen MR) is 73.1 cm³/mol. The summed E-state index contributed by atoms with van der Waals surface area (Å²) in [5, 5.41) is 16.8. The lowest BCUT2D eigenvalue weighted by Gasteiger charge is -2.36. The molecule has 7 heteroatoms. The van der Waals surface area contributed by atoms with E-state index in [4.69, 9.17) is 0 Å². The molecule has 0 aliphatic heterocycles. The van der Waals surface area contributed by atoms with E-state index < -0.39 is 18.1 Å². The van der Waals surface area contributed by atoms with Crippen molar-refractivity contribution < 1.29 is 18.7 Å². The minimum absolute atomic E-state index is 0.0628. The number of nitrogens with one attached hydrogen (secondary N) is 1. The second-order valence-corrected chi connectivity index (χ2v) is 6.34. The van der Waals surface area contributed by atoms with Crippen LogP contribution in [0, 0.1) is 12.3 Å². The summed E-state index contributed by atoms with van der Waals surface area (Å²) in [5.74, 6) is -0.548. The predicted octanol–water partition coefficient (Wildman–Crippen LogP) is 2.26. The zero-order chi connectivity index (χ0) is 15.8. The fourth-order valence-corrected chi connectivity index (χ4v) is 2.83. The lowest BCUT2D eigenvalue weighted by atomic mass is 9.78. The van der Waals surface area contributed by atoms with E-state index >= 15 is 0 Å². The van der Waals surface area contributed by atoms with Crippen LogP contribution < -0.4 is 5.32 Å². The zero-order valence-corrected chi connectivity index (χ0v) is 12.5. The molecule has 1 aliphatic carbocycles. The van der Waals surface area contributed by atoms with E-state index in [1.807, 2.05) is 13.8 Å². The Kier molecular flexibility index (Phi) is 4.06. The first-order chi connectivity index (χ1) is 9.66. The molecule has 0 spiro atoms. The number of hydrogen-bond acceptors (Lipinski definition) is 3. The normalized spacial score (nSPS) is 24.5. The van der Waals surface area contributed by atoms with Crippen LogP contribution in [-0.2, 0) is 0 Å². The van der Waals surface area contributed by atoms with Gasteiger partial charge in [-0.15, -0.1) is 0 Å². The van der Waals surface area contributed by atoms with Gasteiger partial charge in [-0.25, -0.2) is 4.68 Å². The molecule has 1 aromatic heterocycles. The Morgan fingerprint density at radius 2 is 2.19 bits per heavy atom. The molecule has 5 nitrogen and oxygen atoms in total. The number of nitrogens with zero attached hydrogens (tertiary/aromatic N) is 2. The second kappa shape index (κ2) is 5.36. The van der Waals surface area contributed by atoms with Crippen LogP contribution in [0.5, 0.6) is 0 Å². The first-order valence-electron chi connectivity index (χ1n) is 7.01. The van der Waals surface area contributed by atoms with Crippen LogP contribution in [0.4, 0.5) is 8.78 Å². The molecule has 21 heavy (non-hydrogen) atoms. The van der Waals surface area contributed by atoms with Crippen LogP contribution in [0.25, 0.3) is 0 Å². The number of hydrogen-bond donors (Lipinski definition) is 2. The van der Waals surface area contributed by atoms with Crippen molar-refractivity contribution in [1.29, 1.82) is 0 Å². The van der Waals surface area contributed by atoms with Crippen molar-refractivity contribution in [3.63, 3.8) is 0 Å². The van der Waals surface area contributed by atoms with Gasteiger partial charge in [-0.05, 0) is 37.7 Å². The summed E-state index contributed by atoms with van der Waals surface area (Å²) in [7, 11) is 0. The van der Waals surface area contributed by atoms with Crippen molar-refractivity contribution in [2.45, 2.75) is 52.2 Å². The number of aliphatic hydroxyl groups is 1. The van der Waals surface area contributed by atoms with Crippen molar-refractivity contribution in [2.24, 2.45) is 5.41 Å². The molecule has 0 aromatic carbocycles. The summed E-state index contributed by atoms with van der Waals surface area (Å²) in [6.07, 6.45) is 2.40. The summed E-state index contributed by atoms with van der Waals surface area (Å²) in [6, 6.07) is 1.31. The Balaban J connectivity index is 2.04. The van der Waals surface area contributed by atoms with Crippen LogP contribution in [0.2, 0.25) is 0 Å². The molecule has 0 radical (unpaired) electrons. The largest absolute Gasteiger partial charge is 0.387 e. The molecule has 118 valence electrons. The molecule has 1 unspecified atom stereocenters. The maximum Gasteiger partial charge on any atom is 0.333 e. The van der Waals surface area contributed by atoms with Crippen molar-refractivity contribution in [3.8, 4) is 0 Å². The fraction of sp³-hybridized carbons (Fsp3) is 0.714. The van der Waals surface area contributed by atoms with Gasteiger partial charge in [-0.1, -0.05) is 13.8 Å². The molecule has 1 heterocycles. The Labute approximate surface area is 122 Å². The lowest BCUT2D eigenvalue weighted by Crippen LogP contribution is -2.49. The highest BCUT2D eigenvalue weighted by Gasteiger charge is 2.47. The Morgan fingerprint density at radius 1 is 1.52 bits per heavy atom. The molecule has 1 saturated carbocycles. The van der Waals surface area contributed by atoms with E-state index in [-0.39, 0.29) is 23.3 Å². The van der Waals surface area contributed by atoms with E-state index in [0.717, 1.165) is 12.8 Å². The van der Waals surface area contributed by atoms with Crippen molar-refractivity contribution in [2.75, 3.05) is 6.54 Å². The summed E-state index contributed by atoms with van der Waals surface area (Å²) in [6.45, 7) is 2.71. The molecular formula is C14H21F2N3O2. The van der Waals surface area contributed by atoms with Gasteiger partial charge < -0.3 is 10.4 Å². The molecule has 1 aliphatic rings. The minimum Gasteiger partial charge on any atom is -0.387 e. The molecule has 0 bridgehead atoms. The summed E-state index contributed by atoms with van der Waals surface area (Å²) >= 11 is 0. The Hall–Kier alpha value is -1.50. The molecule has 0 saturated heterocycles. The number of rotatable bonds is 4. The zero-order valence-electron chi connectivity index (χ0n) is 12.5. The van der Waals surface area contributed by atoms with Crippen LogP contribution in [-0.4, -0.2) is 32.9 Å². The van der Waals surface area contributed by atoms with Gasteiger partial charge >= 0.3 is 6.55 Å². The monoisotopic (exact) mass is 301 g/mol. The minimum atomic E-state index is -2.77.